The van der Waals surface area contributed by atoms with Crippen LogP contribution < -0.4 is 10.6 Å². The number of nitrogens with one attached hydrogen (secondary N) is 2. The van der Waals surface area contributed by atoms with Gasteiger partial charge < -0.3 is 15.7 Å². The molecule has 1 unspecified atom stereocenters. The van der Waals surface area contributed by atoms with E-state index in [4.69, 9.17) is 4.98 Å². The Labute approximate surface area is 196 Å². The van der Waals surface area contributed by atoms with Crippen molar-refractivity contribution in [2.24, 2.45) is 0 Å². The summed E-state index contributed by atoms with van der Waals surface area (Å²) in [5.74, 6) is 0. The SMILES string of the molecule is Cl.OC(CNCCCc1ccccc1)CNc1cc(-c2ccccc2)nc2ccccc12. The van der Waals surface area contributed by atoms with Crippen LogP contribution in [-0.4, -0.2) is 35.8 Å². The van der Waals surface area contributed by atoms with E-state index >= 15 is 0 Å². The van der Waals surface area contributed by atoms with E-state index in [-0.39, 0.29) is 12.4 Å². The minimum atomic E-state index is -0.469. The topological polar surface area (TPSA) is 57.2 Å². The van der Waals surface area contributed by atoms with Crippen molar-refractivity contribution in [2.75, 3.05) is 25.0 Å². The minimum absolute atomic E-state index is 0. The molecule has 0 aliphatic carbocycles. The van der Waals surface area contributed by atoms with Crippen LogP contribution in [0.3, 0.4) is 0 Å². The highest BCUT2D eigenvalue weighted by Crippen LogP contribution is 2.28. The van der Waals surface area contributed by atoms with Gasteiger partial charge in [0.2, 0.25) is 0 Å². The van der Waals surface area contributed by atoms with Crippen LogP contribution >= 0.6 is 12.4 Å². The highest BCUT2D eigenvalue weighted by atomic mass is 35.5. The summed E-state index contributed by atoms with van der Waals surface area (Å²) in [6.07, 6.45) is 1.64. The number of aromatic nitrogens is 1. The second-order valence-electron chi connectivity index (χ2n) is 7.77. The van der Waals surface area contributed by atoms with E-state index in [1.165, 1.54) is 5.56 Å². The summed E-state index contributed by atoms with van der Waals surface area (Å²) < 4.78 is 0. The first kappa shape index (κ1) is 23.7. The van der Waals surface area contributed by atoms with E-state index in [2.05, 4.69) is 59.2 Å². The Morgan fingerprint density at radius 2 is 1.50 bits per heavy atom. The Morgan fingerprint density at radius 1 is 0.812 bits per heavy atom. The molecular formula is C27H30ClN3O. The number of benzene rings is 3. The Hall–Kier alpha value is -2.92. The Balaban J connectivity index is 0.00000289. The Morgan fingerprint density at radius 3 is 2.28 bits per heavy atom. The first-order valence-corrected chi connectivity index (χ1v) is 10.9. The maximum Gasteiger partial charge on any atom is 0.0836 e. The molecule has 166 valence electrons. The largest absolute Gasteiger partial charge is 0.390 e. The second kappa shape index (κ2) is 12.2. The van der Waals surface area contributed by atoms with Crippen molar-refractivity contribution >= 4 is 29.0 Å². The Bertz CT molecular complexity index is 1090. The van der Waals surface area contributed by atoms with Crippen molar-refractivity contribution in [2.45, 2.75) is 18.9 Å². The predicted octanol–water partition coefficient (Wildman–Crippen LogP) is 5.32. The maximum atomic E-state index is 10.4. The second-order valence-corrected chi connectivity index (χ2v) is 7.77. The smallest absolute Gasteiger partial charge is 0.0836 e. The predicted molar refractivity (Wildman–Crippen MR) is 137 cm³/mol. The molecule has 1 atom stereocenters. The van der Waals surface area contributed by atoms with Crippen LogP contribution in [0.1, 0.15) is 12.0 Å². The quantitative estimate of drug-likeness (QED) is 0.288. The van der Waals surface area contributed by atoms with Crippen LogP contribution in [0.4, 0.5) is 5.69 Å². The summed E-state index contributed by atoms with van der Waals surface area (Å²) in [7, 11) is 0. The highest BCUT2D eigenvalue weighted by Gasteiger charge is 2.09. The average Bonchev–Trinajstić information content (AvgIpc) is 2.83. The molecule has 1 aromatic heterocycles. The average molecular weight is 448 g/mol. The molecule has 0 aliphatic rings. The first-order valence-electron chi connectivity index (χ1n) is 10.9. The summed E-state index contributed by atoms with van der Waals surface area (Å²) >= 11 is 0. The molecule has 4 aromatic rings. The van der Waals surface area contributed by atoms with Gasteiger partial charge in [-0.1, -0.05) is 78.9 Å². The van der Waals surface area contributed by atoms with Crippen LogP contribution in [0, 0.1) is 0 Å². The lowest BCUT2D eigenvalue weighted by Crippen LogP contribution is -2.32. The molecule has 4 rings (SSSR count). The number of aryl methyl sites for hydroxylation is 1. The molecular weight excluding hydrogens is 418 g/mol. The zero-order valence-corrected chi connectivity index (χ0v) is 18.9. The number of aliphatic hydroxyl groups excluding tert-OH is 1. The summed E-state index contributed by atoms with van der Waals surface area (Å²) in [6.45, 7) is 1.94. The van der Waals surface area contributed by atoms with Gasteiger partial charge in [0.1, 0.15) is 0 Å². The number of hydrogen-bond donors (Lipinski definition) is 3. The fraction of sp³-hybridized carbons (Fsp3) is 0.222. The van der Waals surface area contributed by atoms with Gasteiger partial charge in [0.25, 0.3) is 0 Å². The number of aliphatic hydroxyl groups is 1. The minimum Gasteiger partial charge on any atom is -0.390 e. The molecule has 5 heteroatoms. The van der Waals surface area contributed by atoms with Gasteiger partial charge in [0.05, 0.1) is 17.3 Å². The normalized spacial score (nSPS) is 11.7. The number of nitrogens with zero attached hydrogens (tertiary/aromatic N) is 1. The van der Waals surface area contributed by atoms with Gasteiger partial charge in [-0.15, -0.1) is 12.4 Å². The van der Waals surface area contributed by atoms with Crippen LogP contribution in [-0.2, 0) is 6.42 Å². The molecule has 0 aliphatic heterocycles. The molecule has 0 bridgehead atoms. The third-order valence-electron chi connectivity index (χ3n) is 5.36. The van der Waals surface area contributed by atoms with E-state index in [0.717, 1.165) is 47.2 Å². The molecule has 0 saturated heterocycles. The standard InChI is InChI=1S/C27H29N3O.ClH/c31-23(19-28-17-9-12-21-10-3-1-4-11-21)20-29-27-18-26(22-13-5-2-6-14-22)30-25-16-8-7-15-24(25)27;/h1-8,10-11,13-16,18,23,28,31H,9,12,17,19-20H2,(H,29,30);1H. The molecule has 0 radical (unpaired) electrons. The first-order chi connectivity index (χ1) is 15.3. The zero-order chi connectivity index (χ0) is 21.3. The summed E-state index contributed by atoms with van der Waals surface area (Å²) in [5.41, 5.74) is 5.30. The van der Waals surface area contributed by atoms with Crippen molar-refractivity contribution < 1.29 is 5.11 Å². The number of para-hydroxylation sites is 1. The summed E-state index contributed by atoms with van der Waals surface area (Å²) in [6, 6.07) is 30.8. The van der Waals surface area contributed by atoms with Crippen molar-refractivity contribution in [1.29, 1.82) is 0 Å². The molecule has 3 N–H and O–H groups in total. The Kier molecular flexibility index (Phi) is 9.05. The monoisotopic (exact) mass is 447 g/mol. The van der Waals surface area contributed by atoms with E-state index < -0.39 is 6.10 Å². The number of fused-ring (bicyclic) bond motifs is 1. The molecule has 4 nitrogen and oxygen atoms in total. The number of rotatable bonds is 10. The van der Waals surface area contributed by atoms with Crippen molar-refractivity contribution in [1.82, 2.24) is 10.3 Å². The van der Waals surface area contributed by atoms with Crippen LogP contribution in [0.25, 0.3) is 22.2 Å². The fourth-order valence-electron chi connectivity index (χ4n) is 3.71. The molecule has 32 heavy (non-hydrogen) atoms. The number of anilines is 1. The van der Waals surface area contributed by atoms with E-state index in [0.29, 0.717) is 13.1 Å². The van der Waals surface area contributed by atoms with E-state index in [1.807, 2.05) is 42.5 Å². The van der Waals surface area contributed by atoms with Gasteiger partial charge in [-0.2, -0.15) is 0 Å². The van der Waals surface area contributed by atoms with Gasteiger partial charge in [-0.05, 0) is 37.1 Å². The highest BCUT2D eigenvalue weighted by molar-refractivity contribution is 5.93. The van der Waals surface area contributed by atoms with E-state index in [1.54, 1.807) is 0 Å². The van der Waals surface area contributed by atoms with Gasteiger partial charge in [0, 0.05) is 29.7 Å². The third kappa shape index (κ3) is 6.54. The van der Waals surface area contributed by atoms with Crippen LogP contribution in [0.2, 0.25) is 0 Å². The molecule has 0 spiro atoms. The van der Waals surface area contributed by atoms with Crippen molar-refractivity contribution in [3.8, 4) is 11.3 Å². The number of halogens is 1. The maximum absolute atomic E-state index is 10.4. The molecule has 0 amide bonds. The molecule has 3 aromatic carbocycles. The lowest BCUT2D eigenvalue weighted by molar-refractivity contribution is 0.184. The lowest BCUT2D eigenvalue weighted by Gasteiger charge is -2.16. The van der Waals surface area contributed by atoms with E-state index in [9.17, 15) is 5.11 Å². The zero-order valence-electron chi connectivity index (χ0n) is 18.1. The van der Waals surface area contributed by atoms with Crippen LogP contribution in [0.5, 0.6) is 0 Å². The van der Waals surface area contributed by atoms with Crippen molar-refractivity contribution in [3.05, 3.63) is 96.6 Å². The van der Waals surface area contributed by atoms with Crippen molar-refractivity contribution in [3.63, 3.8) is 0 Å². The van der Waals surface area contributed by atoms with Crippen LogP contribution in [0.15, 0.2) is 91.0 Å². The van der Waals surface area contributed by atoms with Gasteiger partial charge >= 0.3 is 0 Å². The van der Waals surface area contributed by atoms with Gasteiger partial charge in [0.15, 0.2) is 0 Å². The number of pyridine rings is 1. The summed E-state index contributed by atoms with van der Waals surface area (Å²) in [4.78, 5) is 4.81. The molecule has 0 fully saturated rings. The number of hydrogen-bond acceptors (Lipinski definition) is 4. The van der Waals surface area contributed by atoms with Gasteiger partial charge in [-0.25, -0.2) is 4.98 Å². The van der Waals surface area contributed by atoms with Gasteiger partial charge in [-0.3, -0.25) is 0 Å². The fourth-order valence-corrected chi connectivity index (χ4v) is 3.71. The molecule has 1 heterocycles. The lowest BCUT2D eigenvalue weighted by atomic mass is 10.1. The molecule has 0 saturated carbocycles. The summed E-state index contributed by atoms with van der Waals surface area (Å²) in [5, 5.41) is 18.3. The third-order valence-corrected chi connectivity index (χ3v) is 5.36.